The molecule has 11 heteroatoms. The summed E-state index contributed by atoms with van der Waals surface area (Å²) in [4.78, 5) is 28.3. The molecule has 2 rings (SSSR count). The minimum atomic E-state index is -3.93. The minimum Gasteiger partial charge on any atom is -0.495 e. The molecule has 0 aliphatic rings. The quantitative estimate of drug-likeness (QED) is 0.414. The first-order valence-electron chi connectivity index (χ1n) is 11.6. The highest BCUT2D eigenvalue weighted by Gasteiger charge is 2.33. The lowest BCUT2D eigenvalue weighted by molar-refractivity contribution is -0.140. The van der Waals surface area contributed by atoms with Crippen molar-refractivity contribution < 1.29 is 22.7 Å². The van der Waals surface area contributed by atoms with E-state index in [2.05, 4.69) is 5.32 Å². The van der Waals surface area contributed by atoms with E-state index >= 15 is 0 Å². The Labute approximate surface area is 223 Å². The first-order valence-corrected chi connectivity index (χ1v) is 14.2. The van der Waals surface area contributed by atoms with Gasteiger partial charge in [0.1, 0.15) is 18.3 Å². The molecule has 0 aliphatic heterocycles. The van der Waals surface area contributed by atoms with Gasteiger partial charge in [0.05, 0.1) is 19.1 Å². The summed E-state index contributed by atoms with van der Waals surface area (Å²) >= 11 is 12.5. The van der Waals surface area contributed by atoms with E-state index in [4.69, 9.17) is 27.9 Å². The Morgan fingerprint density at radius 2 is 1.75 bits per heavy atom. The van der Waals surface area contributed by atoms with Crippen molar-refractivity contribution in [2.45, 2.75) is 52.2 Å². The molecule has 2 atom stereocenters. The fraction of sp³-hybridized carbons (Fsp3) is 0.440. The first-order chi connectivity index (χ1) is 16.9. The van der Waals surface area contributed by atoms with Crippen LogP contribution >= 0.6 is 23.2 Å². The molecule has 0 radical (unpaired) electrons. The number of nitrogens with one attached hydrogen (secondary N) is 1. The smallest absolute Gasteiger partial charge is 0.244 e. The number of nitrogens with zero attached hydrogens (tertiary/aromatic N) is 2. The van der Waals surface area contributed by atoms with Crippen molar-refractivity contribution in [2.75, 3.05) is 24.2 Å². The van der Waals surface area contributed by atoms with Crippen LogP contribution in [-0.2, 0) is 26.2 Å². The zero-order chi connectivity index (χ0) is 27.0. The summed E-state index contributed by atoms with van der Waals surface area (Å²) < 4.78 is 31.8. The highest BCUT2D eigenvalue weighted by atomic mass is 35.5. The maximum atomic E-state index is 13.8. The van der Waals surface area contributed by atoms with Crippen molar-refractivity contribution >= 4 is 50.7 Å². The standard InChI is InChI=1S/C25H33Cl2N3O5S/c1-6-17(3)28-25(32)21(7-2)29(15-18-10-8-9-11-20(18)27)24(31)16-30(36(5,33)34)22-14-19(26)12-13-23(22)35-4/h8-14,17,21H,6-7,15-16H2,1-5H3,(H,28,32)/t17-,21+/m1/s1. The van der Waals surface area contributed by atoms with E-state index in [1.165, 1.54) is 24.1 Å². The highest BCUT2D eigenvalue weighted by molar-refractivity contribution is 7.92. The first kappa shape index (κ1) is 29.7. The van der Waals surface area contributed by atoms with Crippen LogP contribution in [0.1, 0.15) is 39.2 Å². The Balaban J connectivity index is 2.53. The zero-order valence-electron chi connectivity index (χ0n) is 21.1. The lowest BCUT2D eigenvalue weighted by Crippen LogP contribution is -2.53. The molecular formula is C25H33Cl2N3O5S. The van der Waals surface area contributed by atoms with Crippen LogP contribution in [-0.4, -0.2) is 57.1 Å². The Kier molecular flexibility index (Phi) is 10.9. The van der Waals surface area contributed by atoms with E-state index < -0.39 is 28.5 Å². The zero-order valence-corrected chi connectivity index (χ0v) is 23.5. The second kappa shape index (κ2) is 13.2. The van der Waals surface area contributed by atoms with Gasteiger partial charge >= 0.3 is 0 Å². The summed E-state index contributed by atoms with van der Waals surface area (Å²) in [6.45, 7) is 5.08. The van der Waals surface area contributed by atoms with E-state index in [9.17, 15) is 18.0 Å². The molecular weight excluding hydrogens is 525 g/mol. The number of halogens is 2. The lowest BCUT2D eigenvalue weighted by atomic mass is 10.1. The summed E-state index contributed by atoms with van der Waals surface area (Å²) in [7, 11) is -2.54. The molecule has 0 aromatic heterocycles. The van der Waals surface area contributed by atoms with Crippen LogP contribution in [0.5, 0.6) is 5.75 Å². The maximum Gasteiger partial charge on any atom is 0.244 e. The molecule has 0 aliphatic carbocycles. The Bertz CT molecular complexity index is 1180. The van der Waals surface area contributed by atoms with Crippen molar-refractivity contribution in [1.82, 2.24) is 10.2 Å². The lowest BCUT2D eigenvalue weighted by Gasteiger charge is -2.33. The van der Waals surface area contributed by atoms with Crippen LogP contribution < -0.4 is 14.4 Å². The van der Waals surface area contributed by atoms with Crippen LogP contribution in [0.15, 0.2) is 42.5 Å². The largest absolute Gasteiger partial charge is 0.495 e. The van der Waals surface area contributed by atoms with Crippen molar-refractivity contribution in [1.29, 1.82) is 0 Å². The predicted octanol–water partition coefficient (Wildman–Crippen LogP) is 4.49. The van der Waals surface area contributed by atoms with Gasteiger partial charge in [-0.1, -0.05) is 55.2 Å². The van der Waals surface area contributed by atoms with Crippen LogP contribution in [0.25, 0.3) is 0 Å². The van der Waals surface area contributed by atoms with Gasteiger partial charge < -0.3 is 15.0 Å². The number of hydrogen-bond acceptors (Lipinski definition) is 5. The third-order valence-electron chi connectivity index (χ3n) is 5.77. The second-order valence-corrected chi connectivity index (χ2v) is 11.2. The number of amides is 2. The van der Waals surface area contributed by atoms with Gasteiger partial charge in [-0.25, -0.2) is 8.42 Å². The average Bonchev–Trinajstić information content (AvgIpc) is 2.82. The molecule has 0 bridgehead atoms. The normalized spacial score (nSPS) is 13.0. The fourth-order valence-electron chi connectivity index (χ4n) is 3.62. The fourth-order valence-corrected chi connectivity index (χ4v) is 4.83. The molecule has 0 spiro atoms. The number of carbonyl (C=O) groups excluding carboxylic acids is 2. The molecule has 8 nitrogen and oxygen atoms in total. The van der Waals surface area contributed by atoms with Crippen LogP contribution in [0.3, 0.4) is 0 Å². The van der Waals surface area contributed by atoms with Gasteiger partial charge in [-0.15, -0.1) is 0 Å². The van der Waals surface area contributed by atoms with Crippen LogP contribution in [0, 0.1) is 0 Å². The third-order valence-corrected chi connectivity index (χ3v) is 7.50. The molecule has 0 saturated heterocycles. The number of ether oxygens (including phenoxy) is 1. The number of rotatable bonds is 12. The number of anilines is 1. The summed E-state index contributed by atoms with van der Waals surface area (Å²) in [5.41, 5.74) is 0.754. The molecule has 2 aromatic carbocycles. The Morgan fingerprint density at radius 3 is 2.31 bits per heavy atom. The summed E-state index contributed by atoms with van der Waals surface area (Å²) in [5, 5.41) is 3.63. The van der Waals surface area contributed by atoms with Gasteiger partial charge in [-0.2, -0.15) is 0 Å². The van der Waals surface area contributed by atoms with Crippen molar-refractivity contribution in [3.63, 3.8) is 0 Å². The molecule has 0 unspecified atom stereocenters. The highest BCUT2D eigenvalue weighted by Crippen LogP contribution is 2.33. The Hall–Kier alpha value is -2.49. The monoisotopic (exact) mass is 557 g/mol. The SMILES string of the molecule is CC[C@@H](C)NC(=O)[C@H](CC)N(Cc1ccccc1Cl)C(=O)CN(c1cc(Cl)ccc1OC)S(C)(=O)=O. The average molecular weight is 559 g/mol. The van der Waals surface area contributed by atoms with Gasteiger partial charge in [-0.3, -0.25) is 13.9 Å². The number of benzene rings is 2. The molecule has 2 amide bonds. The summed E-state index contributed by atoms with van der Waals surface area (Å²) in [5.74, 6) is -0.663. The minimum absolute atomic E-state index is 0.0230. The van der Waals surface area contributed by atoms with Gasteiger partial charge in [0, 0.05) is 22.6 Å². The third kappa shape index (κ3) is 7.75. The van der Waals surface area contributed by atoms with E-state index in [0.717, 1.165) is 17.0 Å². The van der Waals surface area contributed by atoms with Crippen molar-refractivity contribution in [3.8, 4) is 5.75 Å². The molecule has 2 aromatic rings. The Morgan fingerprint density at radius 1 is 1.08 bits per heavy atom. The van der Waals surface area contributed by atoms with Gasteiger partial charge in [0.2, 0.25) is 21.8 Å². The van der Waals surface area contributed by atoms with Gasteiger partial charge in [0.25, 0.3) is 0 Å². The predicted molar refractivity (Wildman–Crippen MR) is 144 cm³/mol. The number of carbonyl (C=O) groups is 2. The van der Waals surface area contributed by atoms with Crippen molar-refractivity contribution in [3.05, 3.63) is 58.1 Å². The molecule has 0 fully saturated rings. The molecule has 1 N–H and O–H groups in total. The molecule has 36 heavy (non-hydrogen) atoms. The van der Waals surface area contributed by atoms with Crippen LogP contribution in [0.2, 0.25) is 10.0 Å². The van der Waals surface area contributed by atoms with E-state index in [1.807, 2.05) is 13.8 Å². The number of sulfonamides is 1. The summed E-state index contributed by atoms with van der Waals surface area (Å²) in [6, 6.07) is 10.6. The van der Waals surface area contributed by atoms with E-state index in [1.54, 1.807) is 37.3 Å². The van der Waals surface area contributed by atoms with E-state index in [-0.39, 0.29) is 35.0 Å². The van der Waals surface area contributed by atoms with Crippen molar-refractivity contribution in [2.24, 2.45) is 0 Å². The molecule has 0 saturated carbocycles. The number of hydrogen-bond donors (Lipinski definition) is 1. The summed E-state index contributed by atoms with van der Waals surface area (Å²) in [6.07, 6.45) is 2.03. The van der Waals surface area contributed by atoms with Gasteiger partial charge in [0.15, 0.2) is 0 Å². The molecule has 0 heterocycles. The molecule has 198 valence electrons. The second-order valence-electron chi connectivity index (χ2n) is 8.44. The topological polar surface area (TPSA) is 96.0 Å². The van der Waals surface area contributed by atoms with Gasteiger partial charge in [-0.05, 0) is 49.6 Å². The van der Waals surface area contributed by atoms with Crippen LogP contribution in [0.4, 0.5) is 5.69 Å². The maximum absolute atomic E-state index is 13.8. The number of methoxy groups -OCH3 is 1. The van der Waals surface area contributed by atoms with E-state index in [0.29, 0.717) is 17.0 Å².